The molecule has 0 saturated carbocycles. The molecule has 4 heteroatoms. The van der Waals surface area contributed by atoms with Crippen molar-refractivity contribution >= 4 is 27.9 Å². The summed E-state index contributed by atoms with van der Waals surface area (Å²) in [4.78, 5) is 21.4. The summed E-state index contributed by atoms with van der Waals surface area (Å²) < 4.78 is 0. The van der Waals surface area contributed by atoms with Gasteiger partial charge >= 0.3 is 0 Å². The third kappa shape index (κ3) is 6.69. The molecule has 0 saturated heterocycles. The Kier molecular flexibility index (Phi) is 9.36. The summed E-state index contributed by atoms with van der Waals surface area (Å²) in [5.74, 6) is 0.670. The molecule has 0 amide bonds. The van der Waals surface area contributed by atoms with Crippen LogP contribution in [-0.4, -0.2) is 19.9 Å². The summed E-state index contributed by atoms with van der Waals surface area (Å²) in [5.41, 5.74) is 14.7. The van der Waals surface area contributed by atoms with E-state index in [9.17, 15) is 0 Å². The Morgan fingerprint density at radius 3 is 1.64 bits per heavy atom. The first-order valence-corrected chi connectivity index (χ1v) is 18.9. The van der Waals surface area contributed by atoms with Gasteiger partial charge in [0.2, 0.25) is 0 Å². The summed E-state index contributed by atoms with van der Waals surface area (Å²) >= 11 is 0. The Morgan fingerprint density at radius 2 is 0.964 bits per heavy atom. The highest BCUT2D eigenvalue weighted by Crippen LogP contribution is 2.42. The zero-order valence-corrected chi connectivity index (χ0v) is 31.3. The highest BCUT2D eigenvalue weighted by atomic mass is 14.9. The Morgan fingerprint density at radius 1 is 0.411 bits per heavy atom. The van der Waals surface area contributed by atoms with Crippen molar-refractivity contribution in [3.8, 4) is 67.4 Å². The number of nitrogens with zero attached hydrogens (tertiary/aromatic N) is 4. The van der Waals surface area contributed by atoms with E-state index < -0.39 is 0 Å². The number of benzene rings is 6. The molecule has 0 bridgehead atoms. The van der Waals surface area contributed by atoms with E-state index in [-0.39, 0.29) is 0 Å². The van der Waals surface area contributed by atoms with Gasteiger partial charge in [0.05, 0.1) is 33.8 Å². The quantitative estimate of drug-likeness (QED) is 0.116. The largest absolute Gasteiger partial charge is 0.247 e. The van der Waals surface area contributed by atoms with E-state index >= 15 is 0 Å². The summed E-state index contributed by atoms with van der Waals surface area (Å²) in [6.07, 6.45) is 8.16. The Balaban J connectivity index is 1.28. The average molecular weight is 719 g/mol. The molecule has 0 aliphatic rings. The van der Waals surface area contributed by atoms with Crippen LogP contribution >= 0.6 is 0 Å². The second-order valence-electron chi connectivity index (χ2n) is 13.8. The zero-order chi connectivity index (χ0) is 37.8. The maximum atomic E-state index is 5.41. The number of aryl methyl sites for hydroxylation is 1. The molecular weight excluding hydrogens is 681 g/mol. The van der Waals surface area contributed by atoms with Crippen LogP contribution in [0.4, 0.5) is 0 Å². The van der Waals surface area contributed by atoms with Crippen LogP contribution in [0.2, 0.25) is 0 Å². The summed E-state index contributed by atoms with van der Waals surface area (Å²) in [7, 11) is 0. The van der Waals surface area contributed by atoms with Gasteiger partial charge in [-0.05, 0) is 66.4 Å². The number of hydrogen-bond acceptors (Lipinski definition) is 4. The molecule has 0 radical (unpaired) electrons. The Bertz CT molecular complexity index is 2850. The first kappa shape index (κ1) is 34.5. The first-order valence-electron chi connectivity index (χ1n) is 18.9. The highest BCUT2D eigenvalue weighted by molar-refractivity contribution is 6.09. The first-order chi connectivity index (χ1) is 27.6. The van der Waals surface area contributed by atoms with Crippen LogP contribution in [0.25, 0.3) is 95.3 Å². The van der Waals surface area contributed by atoms with Gasteiger partial charge in [0.1, 0.15) is 0 Å². The minimum atomic E-state index is 0.670. The molecule has 266 valence electrons. The van der Waals surface area contributed by atoms with E-state index in [1.165, 1.54) is 0 Å². The number of allylic oxidation sites excluding steroid dienone is 3. The second-order valence-corrected chi connectivity index (χ2v) is 13.8. The van der Waals surface area contributed by atoms with Crippen molar-refractivity contribution in [2.24, 2.45) is 0 Å². The molecule has 4 nitrogen and oxygen atoms in total. The molecule has 0 spiro atoms. The van der Waals surface area contributed by atoms with Crippen LogP contribution in [0.3, 0.4) is 0 Å². The van der Waals surface area contributed by atoms with Crippen molar-refractivity contribution in [1.29, 1.82) is 0 Å². The molecule has 9 rings (SSSR count). The topological polar surface area (TPSA) is 51.6 Å². The van der Waals surface area contributed by atoms with Gasteiger partial charge in [0.25, 0.3) is 0 Å². The highest BCUT2D eigenvalue weighted by Gasteiger charge is 2.22. The summed E-state index contributed by atoms with van der Waals surface area (Å²) in [6.45, 7) is 4.13. The number of para-hydroxylation sites is 1. The molecule has 0 aliphatic heterocycles. The molecule has 0 unspecified atom stereocenters. The predicted molar refractivity (Wildman–Crippen MR) is 234 cm³/mol. The monoisotopic (exact) mass is 718 g/mol. The van der Waals surface area contributed by atoms with Gasteiger partial charge < -0.3 is 0 Å². The molecule has 9 aromatic rings. The smallest absolute Gasteiger partial charge is 0.160 e. The van der Waals surface area contributed by atoms with E-state index in [1.54, 1.807) is 0 Å². The van der Waals surface area contributed by atoms with E-state index in [0.717, 1.165) is 94.7 Å². The third-order valence-corrected chi connectivity index (χ3v) is 10.1. The van der Waals surface area contributed by atoms with Gasteiger partial charge in [-0.25, -0.2) is 19.9 Å². The zero-order valence-electron chi connectivity index (χ0n) is 31.3. The second kappa shape index (κ2) is 15.2. The number of rotatable bonds is 8. The fourth-order valence-electron chi connectivity index (χ4n) is 7.38. The molecule has 0 atom stereocenters. The van der Waals surface area contributed by atoms with Gasteiger partial charge in [-0.15, -0.1) is 0 Å². The minimum Gasteiger partial charge on any atom is -0.247 e. The normalized spacial score (nSPS) is 11.6. The lowest BCUT2D eigenvalue weighted by molar-refractivity contribution is 1.18. The van der Waals surface area contributed by atoms with E-state index in [2.05, 4.69) is 159 Å². The van der Waals surface area contributed by atoms with Crippen molar-refractivity contribution in [3.63, 3.8) is 0 Å². The lowest BCUT2D eigenvalue weighted by atomic mass is 9.92. The molecule has 6 aromatic carbocycles. The molecule has 56 heavy (non-hydrogen) atoms. The average Bonchev–Trinajstić information content (AvgIpc) is 3.27. The van der Waals surface area contributed by atoms with Crippen molar-refractivity contribution in [2.45, 2.75) is 13.8 Å². The van der Waals surface area contributed by atoms with Crippen LogP contribution in [0.1, 0.15) is 18.2 Å². The Hall–Kier alpha value is -7.30. The fraction of sp³-hybridized carbons (Fsp3) is 0.0385. The van der Waals surface area contributed by atoms with Crippen molar-refractivity contribution < 1.29 is 0 Å². The fourth-order valence-corrected chi connectivity index (χ4v) is 7.38. The molecular formula is C52H38N4. The van der Waals surface area contributed by atoms with Crippen LogP contribution < -0.4 is 0 Å². The lowest BCUT2D eigenvalue weighted by Crippen LogP contribution is -2.01. The molecule has 3 heterocycles. The van der Waals surface area contributed by atoms with Crippen LogP contribution in [0.15, 0.2) is 188 Å². The number of hydrogen-bond donors (Lipinski definition) is 0. The van der Waals surface area contributed by atoms with Gasteiger partial charge in [0.15, 0.2) is 5.82 Å². The maximum absolute atomic E-state index is 5.41. The van der Waals surface area contributed by atoms with Gasteiger partial charge in [-0.3, -0.25) is 0 Å². The molecule has 0 N–H and O–H groups in total. The summed E-state index contributed by atoms with van der Waals surface area (Å²) in [5, 5.41) is 2.04. The SMILES string of the molecule is C/C=C\C=C/c1nc2c(cc1C)c(-c1cccc(-c3c(-c4ccccc4)nc(-c4cccc(-c5ccccc5)c4)nc3-c3ccccc3)c1)nc1ccccc12. The van der Waals surface area contributed by atoms with Crippen LogP contribution in [0.5, 0.6) is 0 Å². The van der Waals surface area contributed by atoms with Crippen LogP contribution in [0, 0.1) is 6.92 Å². The predicted octanol–water partition coefficient (Wildman–Crippen LogP) is 13.5. The third-order valence-electron chi connectivity index (χ3n) is 10.1. The maximum Gasteiger partial charge on any atom is 0.160 e. The molecule has 0 aliphatic carbocycles. The standard InChI is InChI=1S/C52H38N4/c1-3-4-8-30-45-35(2)32-44-48(54-46-31-16-15-29-43(46)51(44)53-45)41-27-18-26-40(34-41)47-49(37-21-11-6-12-22-37)55-52(56-50(47)38-23-13-7-14-24-38)42-28-17-25-39(33-42)36-19-9-5-10-20-36/h3-34H,1-2H3/b4-3-,30-8-. The molecule has 3 aromatic heterocycles. The van der Waals surface area contributed by atoms with Gasteiger partial charge in [-0.2, -0.15) is 0 Å². The van der Waals surface area contributed by atoms with E-state index in [0.29, 0.717) is 5.82 Å². The van der Waals surface area contributed by atoms with Crippen molar-refractivity contribution in [2.75, 3.05) is 0 Å². The van der Waals surface area contributed by atoms with Crippen LogP contribution in [-0.2, 0) is 0 Å². The minimum absolute atomic E-state index is 0.670. The number of aromatic nitrogens is 4. The van der Waals surface area contributed by atoms with Gasteiger partial charge in [-0.1, -0.05) is 164 Å². The van der Waals surface area contributed by atoms with Crippen molar-refractivity contribution in [1.82, 2.24) is 19.9 Å². The summed E-state index contributed by atoms with van der Waals surface area (Å²) in [6, 6.07) is 59.0. The lowest BCUT2D eigenvalue weighted by Gasteiger charge is -2.18. The van der Waals surface area contributed by atoms with Crippen molar-refractivity contribution in [3.05, 3.63) is 199 Å². The number of pyridine rings is 2. The Labute approximate surface area is 327 Å². The molecule has 0 fully saturated rings. The van der Waals surface area contributed by atoms with E-state index in [1.807, 2.05) is 49.4 Å². The number of fused-ring (bicyclic) bond motifs is 3. The van der Waals surface area contributed by atoms with E-state index in [4.69, 9.17) is 19.9 Å². The van der Waals surface area contributed by atoms with Gasteiger partial charge in [0, 0.05) is 38.6 Å².